The molecular formula is C24H26N2O4S2. The highest BCUT2D eigenvalue weighted by Gasteiger charge is 2.46. The first-order chi connectivity index (χ1) is 15.2. The highest BCUT2D eigenvalue weighted by Crippen LogP contribution is 2.43. The Labute approximate surface area is 190 Å². The second-order valence-corrected chi connectivity index (χ2v) is 12.8. The maximum atomic E-state index is 13.2. The molecular weight excluding hydrogens is 444 g/mol. The van der Waals surface area contributed by atoms with Crippen LogP contribution in [0.1, 0.15) is 11.1 Å². The van der Waals surface area contributed by atoms with Crippen molar-refractivity contribution in [1.82, 2.24) is 8.61 Å². The molecule has 2 heterocycles. The number of rotatable bonds is 4. The number of sulfonamides is 2. The number of aryl methyl sites for hydroxylation is 2. The Balaban J connectivity index is 1.37. The molecule has 2 atom stereocenters. The van der Waals surface area contributed by atoms with Crippen molar-refractivity contribution in [2.24, 2.45) is 11.8 Å². The molecule has 5 rings (SSSR count). The number of allylic oxidation sites excluding steroid dienone is 2. The van der Waals surface area contributed by atoms with E-state index in [2.05, 4.69) is 0 Å². The van der Waals surface area contributed by atoms with Gasteiger partial charge in [0.15, 0.2) is 0 Å². The summed E-state index contributed by atoms with van der Waals surface area (Å²) in [6, 6.07) is 13.8. The van der Waals surface area contributed by atoms with Gasteiger partial charge in [0.25, 0.3) is 0 Å². The van der Waals surface area contributed by atoms with Crippen LogP contribution in [0.2, 0.25) is 0 Å². The third kappa shape index (κ3) is 3.55. The minimum absolute atomic E-state index is 0.00782. The van der Waals surface area contributed by atoms with Gasteiger partial charge in [-0.05, 0) is 49.3 Å². The van der Waals surface area contributed by atoms with E-state index in [4.69, 9.17) is 0 Å². The van der Waals surface area contributed by atoms with Crippen LogP contribution in [0.4, 0.5) is 0 Å². The average Bonchev–Trinajstić information content (AvgIpc) is 3.39. The smallest absolute Gasteiger partial charge is 0.207 e. The first kappa shape index (κ1) is 21.6. The molecule has 32 heavy (non-hydrogen) atoms. The van der Waals surface area contributed by atoms with Crippen LogP contribution in [0, 0.1) is 25.7 Å². The van der Waals surface area contributed by atoms with E-state index in [1.807, 2.05) is 26.0 Å². The summed E-state index contributed by atoms with van der Waals surface area (Å²) < 4.78 is 55.8. The van der Waals surface area contributed by atoms with Crippen molar-refractivity contribution < 1.29 is 16.8 Å². The number of nitrogens with zero attached hydrogens (tertiary/aromatic N) is 2. The quantitative estimate of drug-likeness (QED) is 0.688. The second kappa shape index (κ2) is 7.66. The van der Waals surface area contributed by atoms with Crippen LogP contribution in [0.25, 0.3) is 0 Å². The van der Waals surface area contributed by atoms with Crippen molar-refractivity contribution in [1.29, 1.82) is 0 Å². The lowest BCUT2D eigenvalue weighted by molar-refractivity contribution is 0.384. The first-order valence-electron chi connectivity index (χ1n) is 10.7. The molecule has 0 N–H and O–H groups in total. The maximum absolute atomic E-state index is 13.2. The van der Waals surface area contributed by atoms with Crippen LogP contribution < -0.4 is 0 Å². The van der Waals surface area contributed by atoms with Gasteiger partial charge in [-0.15, -0.1) is 0 Å². The Bertz CT molecular complexity index is 1220. The van der Waals surface area contributed by atoms with Gasteiger partial charge in [-0.25, -0.2) is 16.8 Å². The molecule has 2 saturated heterocycles. The van der Waals surface area contributed by atoms with Gasteiger partial charge < -0.3 is 0 Å². The molecule has 2 aliphatic heterocycles. The molecule has 0 amide bonds. The highest BCUT2D eigenvalue weighted by atomic mass is 32.2. The summed E-state index contributed by atoms with van der Waals surface area (Å²) in [7, 11) is -7.19. The molecule has 3 aliphatic rings. The van der Waals surface area contributed by atoms with Crippen LogP contribution >= 0.6 is 0 Å². The van der Waals surface area contributed by atoms with Crippen LogP contribution in [0.15, 0.2) is 81.6 Å². The standard InChI is InChI=1S/C24H26N2O4S2/c1-17-3-9-21(10-4-17)31(27,28)25-13-19-7-8-20-14-26(16-24(20)23(19)15-25)32(29,30)22-11-5-18(2)6-12-22/h3-12,23-24H,13-16H2,1-2H3/t23-,24-/m0/s1. The SMILES string of the molecule is Cc1ccc(S(=O)(=O)N2CC3=CC=C4CN(S(=O)(=O)c5ccc(C)cc5)C[C@@H]4[C@H]3C2)cc1. The third-order valence-corrected chi connectivity index (χ3v) is 10.4. The Morgan fingerprint density at radius 2 is 0.969 bits per heavy atom. The number of hydrogen-bond acceptors (Lipinski definition) is 4. The molecule has 1 aliphatic carbocycles. The van der Waals surface area contributed by atoms with Crippen molar-refractivity contribution in [2.45, 2.75) is 23.6 Å². The van der Waals surface area contributed by atoms with E-state index in [0.717, 1.165) is 22.3 Å². The van der Waals surface area contributed by atoms with Gasteiger partial charge in [-0.3, -0.25) is 0 Å². The van der Waals surface area contributed by atoms with Gasteiger partial charge in [0.2, 0.25) is 20.0 Å². The van der Waals surface area contributed by atoms with Crippen molar-refractivity contribution >= 4 is 20.0 Å². The van der Waals surface area contributed by atoms with E-state index in [0.29, 0.717) is 36.0 Å². The second-order valence-electron chi connectivity index (χ2n) is 8.92. The van der Waals surface area contributed by atoms with Gasteiger partial charge in [0.05, 0.1) is 9.79 Å². The minimum Gasteiger partial charge on any atom is -0.207 e. The fraction of sp³-hybridized carbons (Fsp3) is 0.333. The maximum Gasteiger partial charge on any atom is 0.243 e. The monoisotopic (exact) mass is 470 g/mol. The van der Waals surface area contributed by atoms with E-state index in [-0.39, 0.29) is 11.8 Å². The molecule has 6 nitrogen and oxygen atoms in total. The van der Waals surface area contributed by atoms with Crippen LogP contribution in [-0.4, -0.2) is 51.6 Å². The number of hydrogen-bond donors (Lipinski definition) is 0. The summed E-state index contributed by atoms with van der Waals surface area (Å²) in [4.78, 5) is 0.594. The van der Waals surface area contributed by atoms with Gasteiger partial charge in [0, 0.05) is 38.0 Å². The Hall–Kier alpha value is -2.26. The summed E-state index contributed by atoms with van der Waals surface area (Å²) in [5, 5.41) is 0. The molecule has 0 radical (unpaired) electrons. The zero-order valence-electron chi connectivity index (χ0n) is 18.1. The predicted molar refractivity (Wildman–Crippen MR) is 123 cm³/mol. The number of benzene rings is 2. The Morgan fingerprint density at radius 3 is 1.31 bits per heavy atom. The van der Waals surface area contributed by atoms with Crippen molar-refractivity contribution in [2.75, 3.05) is 26.2 Å². The van der Waals surface area contributed by atoms with E-state index in [1.54, 1.807) is 48.5 Å². The molecule has 0 spiro atoms. The zero-order chi connectivity index (χ0) is 22.7. The molecule has 2 fully saturated rings. The molecule has 2 aromatic carbocycles. The lowest BCUT2D eigenvalue weighted by Gasteiger charge is -2.24. The summed E-state index contributed by atoms with van der Waals surface area (Å²) in [5.41, 5.74) is 4.14. The molecule has 2 aromatic rings. The summed E-state index contributed by atoms with van der Waals surface area (Å²) in [6.07, 6.45) is 3.98. The zero-order valence-corrected chi connectivity index (χ0v) is 19.7. The first-order valence-corrected chi connectivity index (χ1v) is 13.6. The number of fused-ring (bicyclic) bond motifs is 3. The summed E-state index contributed by atoms with van der Waals surface area (Å²) in [5.74, 6) is 0.0156. The predicted octanol–water partition coefficient (Wildman–Crippen LogP) is 3.11. The van der Waals surface area contributed by atoms with Crippen molar-refractivity contribution in [3.8, 4) is 0 Å². The normalized spacial score (nSPS) is 24.1. The topological polar surface area (TPSA) is 74.8 Å². The minimum atomic E-state index is -3.59. The lowest BCUT2D eigenvalue weighted by atomic mass is 9.81. The highest BCUT2D eigenvalue weighted by molar-refractivity contribution is 7.89. The largest absolute Gasteiger partial charge is 0.243 e. The van der Waals surface area contributed by atoms with Gasteiger partial charge >= 0.3 is 0 Å². The van der Waals surface area contributed by atoms with Gasteiger partial charge in [0.1, 0.15) is 0 Å². The van der Waals surface area contributed by atoms with E-state index >= 15 is 0 Å². The lowest BCUT2D eigenvalue weighted by Crippen LogP contribution is -2.32. The fourth-order valence-electron chi connectivity index (χ4n) is 4.87. The molecule has 168 valence electrons. The molecule has 0 unspecified atom stereocenters. The Morgan fingerprint density at radius 1 is 0.625 bits per heavy atom. The van der Waals surface area contributed by atoms with Crippen molar-refractivity contribution in [3.63, 3.8) is 0 Å². The van der Waals surface area contributed by atoms with Crippen LogP contribution in [0.5, 0.6) is 0 Å². The summed E-state index contributed by atoms with van der Waals surface area (Å²) in [6.45, 7) is 5.31. The molecule has 0 bridgehead atoms. The third-order valence-electron chi connectivity index (χ3n) is 6.79. The van der Waals surface area contributed by atoms with Crippen molar-refractivity contribution in [3.05, 3.63) is 83.0 Å². The van der Waals surface area contributed by atoms with E-state index in [1.165, 1.54) is 8.61 Å². The van der Waals surface area contributed by atoms with Crippen LogP contribution in [-0.2, 0) is 20.0 Å². The van der Waals surface area contributed by atoms with Gasteiger partial charge in [-0.2, -0.15) is 8.61 Å². The Kier molecular flexibility index (Phi) is 5.16. The average molecular weight is 471 g/mol. The fourth-order valence-corrected chi connectivity index (χ4v) is 7.78. The summed E-state index contributed by atoms with van der Waals surface area (Å²) >= 11 is 0. The molecule has 8 heteroatoms. The van der Waals surface area contributed by atoms with Gasteiger partial charge in [-0.1, -0.05) is 47.5 Å². The van der Waals surface area contributed by atoms with E-state index < -0.39 is 20.0 Å². The molecule has 0 aromatic heterocycles. The molecule has 0 saturated carbocycles. The van der Waals surface area contributed by atoms with E-state index in [9.17, 15) is 16.8 Å². The van der Waals surface area contributed by atoms with Crippen LogP contribution in [0.3, 0.4) is 0 Å².